The average molecular weight is 356 g/mol. The topological polar surface area (TPSA) is 76.2 Å². The normalized spacial score (nSPS) is 14.4. The van der Waals surface area contributed by atoms with Crippen LogP contribution >= 0.6 is 0 Å². The molecule has 3 N–H and O–H groups in total. The van der Waals surface area contributed by atoms with Crippen molar-refractivity contribution in [2.45, 2.75) is 51.6 Å². The molecule has 140 valence electrons. The minimum absolute atomic E-state index is 0.0000763. The van der Waals surface area contributed by atoms with Crippen LogP contribution in [0.5, 0.6) is 0 Å². The lowest BCUT2D eigenvalue weighted by Crippen LogP contribution is -2.58. The van der Waals surface area contributed by atoms with Crippen molar-refractivity contribution in [1.29, 1.82) is 0 Å². The number of rotatable bonds is 8. The van der Waals surface area contributed by atoms with E-state index in [0.717, 1.165) is 5.56 Å². The van der Waals surface area contributed by atoms with Gasteiger partial charge in [-0.2, -0.15) is 4.65 Å². The van der Waals surface area contributed by atoms with Crippen LogP contribution in [0.4, 0.5) is 0 Å². The van der Waals surface area contributed by atoms with Crippen LogP contribution in [0.1, 0.15) is 45.4 Å². The number of nitrogens with two attached hydrogens (primary N) is 1. The van der Waals surface area contributed by atoms with E-state index in [-0.39, 0.29) is 16.7 Å². The van der Waals surface area contributed by atoms with E-state index >= 15 is 0 Å². The Labute approximate surface area is 156 Å². The first-order chi connectivity index (χ1) is 12.2. The van der Waals surface area contributed by atoms with E-state index in [1.165, 1.54) is 0 Å². The van der Waals surface area contributed by atoms with Gasteiger partial charge in [0.25, 0.3) is 0 Å². The molecule has 1 atom stereocenters. The summed E-state index contributed by atoms with van der Waals surface area (Å²) in [6.07, 6.45) is 2.04. The first-order valence-corrected chi connectivity index (χ1v) is 9.12. The van der Waals surface area contributed by atoms with Gasteiger partial charge >= 0.3 is 0 Å². The van der Waals surface area contributed by atoms with Crippen LogP contribution in [0.2, 0.25) is 0 Å². The maximum Gasteiger partial charge on any atom is 0.234 e. The van der Waals surface area contributed by atoms with Crippen LogP contribution in [0.3, 0.4) is 0 Å². The van der Waals surface area contributed by atoms with Crippen LogP contribution < -0.4 is 5.73 Å². The molecule has 2 rings (SSSR count). The highest BCUT2D eigenvalue weighted by Crippen LogP contribution is 2.36. The zero-order valence-corrected chi connectivity index (χ0v) is 16.1. The number of amides is 1. The zero-order chi connectivity index (χ0) is 19.4. The van der Waals surface area contributed by atoms with E-state index in [2.05, 4.69) is 4.98 Å². The summed E-state index contributed by atoms with van der Waals surface area (Å²) in [5, 5.41) is 11.2. The molecule has 5 heteroatoms. The number of aromatic nitrogens is 1. The molecular weight excluding hydrogens is 326 g/mol. The molecule has 1 unspecified atom stereocenters. The number of hydrogen-bond donors (Lipinski definition) is 2. The Morgan fingerprint density at radius 3 is 2.12 bits per heavy atom. The second-order valence-corrected chi connectivity index (χ2v) is 7.40. The fourth-order valence-corrected chi connectivity index (χ4v) is 3.61. The molecule has 0 saturated heterocycles. The Morgan fingerprint density at radius 1 is 1.08 bits per heavy atom. The molecule has 0 saturated carbocycles. The highest BCUT2D eigenvalue weighted by molar-refractivity contribution is 5.90. The van der Waals surface area contributed by atoms with Gasteiger partial charge in [-0.25, -0.2) is 5.21 Å². The van der Waals surface area contributed by atoms with E-state index in [9.17, 15) is 10.0 Å². The smallest absolute Gasteiger partial charge is 0.234 e. The minimum Gasteiger partial charge on any atom is -0.369 e. The summed E-state index contributed by atoms with van der Waals surface area (Å²) >= 11 is 0. The van der Waals surface area contributed by atoms with Crippen LogP contribution in [0.15, 0.2) is 54.7 Å². The van der Waals surface area contributed by atoms with Crippen molar-refractivity contribution in [2.75, 3.05) is 6.54 Å². The molecule has 0 fully saturated rings. The fraction of sp³-hybridized carbons (Fsp3) is 0.429. The van der Waals surface area contributed by atoms with Crippen LogP contribution in [-0.4, -0.2) is 39.4 Å². The van der Waals surface area contributed by atoms with E-state index in [4.69, 9.17) is 5.73 Å². The van der Waals surface area contributed by atoms with Gasteiger partial charge in [-0.05, 0) is 45.4 Å². The standard InChI is InChI=1S/C21H29N3O2/c1-16(2)24(26,17(3)4)15-13-21(20(22)25,18-10-6-5-7-11-18)19-12-8-9-14-23-19/h5-12,14,16-17,26H,13,15H2,1-4H3,(H-,22,25)/p+1. The summed E-state index contributed by atoms with van der Waals surface area (Å²) in [6, 6.07) is 15.0. The molecule has 26 heavy (non-hydrogen) atoms. The van der Waals surface area contributed by atoms with E-state index in [1.54, 1.807) is 6.20 Å². The summed E-state index contributed by atoms with van der Waals surface area (Å²) < 4.78 is -0.130. The number of hydroxylamine groups is 3. The third-order valence-electron chi connectivity index (χ3n) is 5.42. The molecule has 1 aromatic heterocycles. The van der Waals surface area contributed by atoms with Crippen molar-refractivity contribution in [2.24, 2.45) is 5.73 Å². The van der Waals surface area contributed by atoms with Crippen molar-refractivity contribution < 1.29 is 14.6 Å². The number of primary amides is 1. The molecular formula is C21H30N3O2+. The van der Waals surface area contributed by atoms with E-state index < -0.39 is 11.3 Å². The lowest BCUT2D eigenvalue weighted by atomic mass is 9.73. The van der Waals surface area contributed by atoms with Crippen molar-refractivity contribution in [3.8, 4) is 0 Å². The van der Waals surface area contributed by atoms with Gasteiger partial charge in [0, 0.05) is 12.6 Å². The third-order valence-corrected chi connectivity index (χ3v) is 5.42. The number of carbonyl (C=O) groups is 1. The molecule has 0 radical (unpaired) electrons. The van der Waals surface area contributed by atoms with Gasteiger partial charge in [-0.15, -0.1) is 0 Å². The Kier molecular flexibility index (Phi) is 6.16. The third kappa shape index (κ3) is 3.64. The van der Waals surface area contributed by atoms with E-state index in [0.29, 0.717) is 18.7 Å². The second-order valence-electron chi connectivity index (χ2n) is 7.40. The molecule has 5 nitrogen and oxygen atoms in total. The average Bonchev–Trinajstić information content (AvgIpc) is 2.63. The Balaban J connectivity index is 2.56. The highest BCUT2D eigenvalue weighted by atomic mass is 16.5. The molecule has 1 aromatic carbocycles. The SMILES string of the molecule is CC(C)[N+](O)(CCC(C(N)=O)(c1ccccc1)c1ccccn1)C(C)C. The molecule has 0 aliphatic rings. The Morgan fingerprint density at radius 2 is 1.65 bits per heavy atom. The Bertz CT molecular complexity index is 667. The van der Waals surface area contributed by atoms with Gasteiger partial charge in [-0.1, -0.05) is 36.4 Å². The van der Waals surface area contributed by atoms with Crippen LogP contribution in [0.25, 0.3) is 0 Å². The first kappa shape index (κ1) is 20.1. The summed E-state index contributed by atoms with van der Waals surface area (Å²) in [5.41, 5.74) is 6.27. The number of benzene rings is 1. The number of quaternary nitrogens is 1. The van der Waals surface area contributed by atoms with Gasteiger partial charge < -0.3 is 5.73 Å². The zero-order valence-electron chi connectivity index (χ0n) is 16.1. The maximum atomic E-state index is 12.8. The summed E-state index contributed by atoms with van der Waals surface area (Å²) in [4.78, 5) is 17.2. The van der Waals surface area contributed by atoms with Gasteiger partial charge in [0.2, 0.25) is 5.91 Å². The molecule has 0 aliphatic carbocycles. The second kappa shape index (κ2) is 7.98. The van der Waals surface area contributed by atoms with E-state index in [1.807, 2.05) is 76.2 Å². The predicted octanol–water partition coefficient (Wildman–Crippen LogP) is 3.27. The molecule has 1 heterocycles. The van der Waals surface area contributed by atoms with Crippen LogP contribution in [-0.2, 0) is 10.2 Å². The minimum atomic E-state index is -1.08. The molecule has 1 amide bonds. The van der Waals surface area contributed by atoms with Crippen molar-refractivity contribution in [3.05, 3.63) is 66.0 Å². The number of carbonyl (C=O) groups excluding carboxylic acids is 1. The number of pyridine rings is 1. The first-order valence-electron chi connectivity index (χ1n) is 9.12. The van der Waals surface area contributed by atoms with Gasteiger partial charge in [0.15, 0.2) is 0 Å². The molecule has 0 bridgehead atoms. The predicted molar refractivity (Wildman–Crippen MR) is 102 cm³/mol. The molecule has 2 aromatic rings. The van der Waals surface area contributed by atoms with Crippen molar-refractivity contribution in [1.82, 2.24) is 4.98 Å². The van der Waals surface area contributed by atoms with Crippen molar-refractivity contribution >= 4 is 5.91 Å². The monoisotopic (exact) mass is 356 g/mol. The summed E-state index contributed by atoms with van der Waals surface area (Å²) in [7, 11) is 0. The van der Waals surface area contributed by atoms with Gasteiger partial charge in [0.1, 0.15) is 24.0 Å². The van der Waals surface area contributed by atoms with Gasteiger partial charge in [-0.3, -0.25) is 9.78 Å². The number of nitrogens with zero attached hydrogens (tertiary/aromatic N) is 2. The van der Waals surface area contributed by atoms with Crippen molar-refractivity contribution in [3.63, 3.8) is 0 Å². The number of hydrogen-bond acceptors (Lipinski definition) is 3. The lowest BCUT2D eigenvalue weighted by Gasteiger charge is -2.40. The van der Waals surface area contributed by atoms with Crippen LogP contribution in [0, 0.1) is 0 Å². The molecule has 0 aliphatic heterocycles. The quantitative estimate of drug-likeness (QED) is 0.563. The largest absolute Gasteiger partial charge is 0.369 e. The lowest BCUT2D eigenvalue weighted by molar-refractivity contribution is -1.13. The maximum absolute atomic E-state index is 12.8. The molecule has 0 spiro atoms. The van der Waals surface area contributed by atoms with Gasteiger partial charge in [0.05, 0.1) is 5.69 Å². The fourth-order valence-electron chi connectivity index (χ4n) is 3.61. The summed E-state index contributed by atoms with van der Waals surface area (Å²) in [5.74, 6) is -0.457. The highest BCUT2D eigenvalue weighted by Gasteiger charge is 2.45. The summed E-state index contributed by atoms with van der Waals surface area (Å²) in [6.45, 7) is 8.32. The Hall–Kier alpha value is -2.24.